The number of rotatable bonds is 9. The lowest BCUT2D eigenvalue weighted by molar-refractivity contribution is 0.295. The predicted molar refractivity (Wildman–Crippen MR) is 126 cm³/mol. The highest BCUT2D eigenvalue weighted by Crippen LogP contribution is 2.13. The van der Waals surface area contributed by atoms with Gasteiger partial charge < -0.3 is 15.1 Å². The molecular weight excluding hydrogens is 465 g/mol. The van der Waals surface area contributed by atoms with Crippen molar-refractivity contribution in [2.75, 3.05) is 19.6 Å². The minimum Gasteiger partial charge on any atom is -0.444 e. The zero-order valence-corrected chi connectivity index (χ0v) is 20.0. The van der Waals surface area contributed by atoms with Crippen molar-refractivity contribution in [2.24, 2.45) is 4.99 Å². The molecule has 0 amide bonds. The van der Waals surface area contributed by atoms with Gasteiger partial charge in [0.25, 0.3) is 0 Å². The van der Waals surface area contributed by atoms with Crippen LogP contribution in [0.15, 0.2) is 33.7 Å². The first-order chi connectivity index (χ1) is 13.1. The zero-order chi connectivity index (χ0) is 19.6. The van der Waals surface area contributed by atoms with E-state index in [0.717, 1.165) is 43.6 Å². The number of aryl methyl sites for hydroxylation is 2. The normalized spacial score (nSPS) is 11.4. The van der Waals surface area contributed by atoms with Crippen molar-refractivity contribution >= 4 is 29.9 Å². The molecule has 0 aliphatic carbocycles. The Labute approximate surface area is 186 Å². The van der Waals surface area contributed by atoms with E-state index in [4.69, 9.17) is 9.41 Å². The fraction of sp³-hybridized carbons (Fsp3) is 0.524. The van der Waals surface area contributed by atoms with E-state index in [1.807, 2.05) is 13.8 Å². The summed E-state index contributed by atoms with van der Waals surface area (Å²) in [5.74, 6) is 2.31. The third-order valence-corrected chi connectivity index (χ3v) is 4.64. The van der Waals surface area contributed by atoms with Crippen molar-refractivity contribution in [1.29, 1.82) is 0 Å². The van der Waals surface area contributed by atoms with Crippen molar-refractivity contribution in [3.05, 3.63) is 52.7 Å². The molecular formula is C21H34IN5O. The van der Waals surface area contributed by atoms with Crippen molar-refractivity contribution in [1.82, 2.24) is 20.5 Å². The van der Waals surface area contributed by atoms with Crippen LogP contribution in [0.25, 0.3) is 0 Å². The Morgan fingerprint density at radius 3 is 2.32 bits per heavy atom. The van der Waals surface area contributed by atoms with Gasteiger partial charge in [0.2, 0.25) is 5.89 Å². The van der Waals surface area contributed by atoms with Crippen LogP contribution in [0.5, 0.6) is 0 Å². The minimum atomic E-state index is 0. The molecule has 7 heteroatoms. The SMILES string of the molecule is CCNC(=NCc1ccccc1CN(CC)CC)NCc1nc(C)c(C)o1.I. The Bertz CT molecular complexity index is 721. The molecule has 1 aromatic carbocycles. The summed E-state index contributed by atoms with van der Waals surface area (Å²) in [6, 6.07) is 8.53. The molecule has 0 saturated carbocycles. The highest BCUT2D eigenvalue weighted by molar-refractivity contribution is 14.0. The molecule has 0 atom stereocenters. The predicted octanol–water partition coefficient (Wildman–Crippen LogP) is 4.01. The standard InChI is InChI=1S/C21H33N5O.HI/c1-6-22-21(24-14-20-25-16(4)17(5)27-20)23-13-18-11-9-10-12-19(18)15-26(7-2)8-3;/h9-12H,6-8,13-15H2,1-5H3,(H2,22,23,24);1H. The van der Waals surface area contributed by atoms with Gasteiger partial charge in [0.15, 0.2) is 5.96 Å². The number of nitrogens with one attached hydrogen (secondary N) is 2. The van der Waals surface area contributed by atoms with Crippen LogP contribution in [-0.2, 0) is 19.6 Å². The summed E-state index contributed by atoms with van der Waals surface area (Å²) in [5.41, 5.74) is 3.52. The van der Waals surface area contributed by atoms with Gasteiger partial charge in [-0.3, -0.25) is 4.90 Å². The first-order valence-corrected chi connectivity index (χ1v) is 9.81. The molecule has 0 unspecified atom stereocenters. The fourth-order valence-electron chi connectivity index (χ4n) is 2.83. The van der Waals surface area contributed by atoms with E-state index in [1.54, 1.807) is 0 Å². The van der Waals surface area contributed by atoms with Crippen molar-refractivity contribution in [3.8, 4) is 0 Å². The van der Waals surface area contributed by atoms with Crippen LogP contribution in [0.3, 0.4) is 0 Å². The second kappa shape index (κ2) is 12.8. The van der Waals surface area contributed by atoms with E-state index >= 15 is 0 Å². The van der Waals surface area contributed by atoms with Crippen LogP contribution >= 0.6 is 24.0 Å². The van der Waals surface area contributed by atoms with Crippen molar-refractivity contribution < 1.29 is 4.42 Å². The summed E-state index contributed by atoms with van der Waals surface area (Å²) < 4.78 is 5.63. The van der Waals surface area contributed by atoms with Crippen LogP contribution in [-0.4, -0.2) is 35.5 Å². The number of aromatic nitrogens is 1. The maximum atomic E-state index is 5.63. The molecule has 0 aliphatic rings. The third-order valence-electron chi connectivity index (χ3n) is 4.64. The number of hydrogen-bond donors (Lipinski definition) is 2. The number of halogens is 1. The van der Waals surface area contributed by atoms with Crippen LogP contribution in [0.1, 0.15) is 49.2 Å². The molecule has 0 fully saturated rings. The van der Waals surface area contributed by atoms with Gasteiger partial charge in [0.1, 0.15) is 5.76 Å². The highest BCUT2D eigenvalue weighted by atomic mass is 127. The maximum absolute atomic E-state index is 5.63. The molecule has 2 aromatic rings. The average Bonchev–Trinajstić information content (AvgIpc) is 3.00. The Kier molecular flexibility index (Phi) is 11.1. The highest BCUT2D eigenvalue weighted by Gasteiger charge is 2.08. The number of benzene rings is 1. The van der Waals surface area contributed by atoms with Crippen LogP contribution in [0.2, 0.25) is 0 Å². The van der Waals surface area contributed by atoms with Gasteiger partial charge >= 0.3 is 0 Å². The number of guanidine groups is 1. The summed E-state index contributed by atoms with van der Waals surface area (Å²) >= 11 is 0. The first kappa shape index (κ1) is 24.4. The molecule has 156 valence electrons. The minimum absolute atomic E-state index is 0. The van der Waals surface area contributed by atoms with Gasteiger partial charge in [0.05, 0.1) is 18.8 Å². The lowest BCUT2D eigenvalue weighted by Crippen LogP contribution is -2.36. The molecule has 0 saturated heterocycles. The van der Waals surface area contributed by atoms with Gasteiger partial charge in [-0.25, -0.2) is 9.98 Å². The average molecular weight is 499 g/mol. The molecule has 2 rings (SSSR count). The summed E-state index contributed by atoms with van der Waals surface area (Å²) in [6.45, 7) is 15.3. The van der Waals surface area contributed by atoms with E-state index in [9.17, 15) is 0 Å². The molecule has 0 bridgehead atoms. The van der Waals surface area contributed by atoms with Crippen molar-refractivity contribution in [3.63, 3.8) is 0 Å². The van der Waals surface area contributed by atoms with E-state index in [1.165, 1.54) is 11.1 Å². The summed E-state index contributed by atoms with van der Waals surface area (Å²) in [5, 5.41) is 6.59. The number of hydrogen-bond acceptors (Lipinski definition) is 4. The molecule has 1 aromatic heterocycles. The molecule has 0 aliphatic heterocycles. The summed E-state index contributed by atoms with van der Waals surface area (Å²) in [4.78, 5) is 11.6. The Morgan fingerprint density at radius 1 is 1.07 bits per heavy atom. The van der Waals surface area contributed by atoms with Crippen LogP contribution < -0.4 is 10.6 Å². The van der Waals surface area contributed by atoms with Gasteiger partial charge in [0, 0.05) is 13.1 Å². The van der Waals surface area contributed by atoms with Gasteiger partial charge in [-0.15, -0.1) is 24.0 Å². The quantitative estimate of drug-likeness (QED) is 0.310. The van der Waals surface area contributed by atoms with E-state index < -0.39 is 0 Å². The summed E-state index contributed by atoms with van der Waals surface area (Å²) in [7, 11) is 0. The lowest BCUT2D eigenvalue weighted by atomic mass is 10.1. The monoisotopic (exact) mass is 499 g/mol. The van der Waals surface area contributed by atoms with E-state index in [-0.39, 0.29) is 24.0 Å². The summed E-state index contributed by atoms with van der Waals surface area (Å²) in [6.07, 6.45) is 0. The van der Waals surface area contributed by atoms with Gasteiger partial charge in [-0.05, 0) is 45.0 Å². The number of aliphatic imine (C=N–C) groups is 1. The maximum Gasteiger partial charge on any atom is 0.214 e. The van der Waals surface area contributed by atoms with Crippen molar-refractivity contribution in [2.45, 2.75) is 54.3 Å². The van der Waals surface area contributed by atoms with Crippen LogP contribution in [0, 0.1) is 13.8 Å². The Hall–Kier alpha value is -1.61. The largest absolute Gasteiger partial charge is 0.444 e. The molecule has 28 heavy (non-hydrogen) atoms. The Balaban J connectivity index is 0.00000392. The van der Waals surface area contributed by atoms with E-state index in [0.29, 0.717) is 19.0 Å². The fourth-order valence-corrected chi connectivity index (χ4v) is 2.83. The molecule has 0 spiro atoms. The lowest BCUT2D eigenvalue weighted by Gasteiger charge is -2.20. The van der Waals surface area contributed by atoms with Gasteiger partial charge in [-0.2, -0.15) is 0 Å². The zero-order valence-electron chi connectivity index (χ0n) is 17.7. The molecule has 6 nitrogen and oxygen atoms in total. The smallest absolute Gasteiger partial charge is 0.214 e. The second-order valence-electron chi connectivity index (χ2n) is 6.53. The Morgan fingerprint density at radius 2 is 1.75 bits per heavy atom. The molecule has 1 heterocycles. The second-order valence-corrected chi connectivity index (χ2v) is 6.53. The van der Waals surface area contributed by atoms with Gasteiger partial charge in [-0.1, -0.05) is 38.1 Å². The van der Waals surface area contributed by atoms with Crippen LogP contribution in [0.4, 0.5) is 0 Å². The van der Waals surface area contributed by atoms with E-state index in [2.05, 4.69) is 65.6 Å². The molecule has 0 radical (unpaired) electrons. The third kappa shape index (κ3) is 7.43. The first-order valence-electron chi connectivity index (χ1n) is 9.81. The number of oxazole rings is 1. The molecule has 2 N–H and O–H groups in total. The topological polar surface area (TPSA) is 65.7 Å². The number of nitrogens with zero attached hydrogens (tertiary/aromatic N) is 3.